The van der Waals surface area contributed by atoms with Gasteiger partial charge in [0.05, 0.1) is 24.1 Å². The van der Waals surface area contributed by atoms with Crippen LogP contribution < -0.4 is 19.1 Å². The van der Waals surface area contributed by atoms with Gasteiger partial charge in [0, 0.05) is 49.8 Å². The summed E-state index contributed by atoms with van der Waals surface area (Å²) < 4.78 is 37.8. The van der Waals surface area contributed by atoms with Crippen molar-refractivity contribution in [1.82, 2.24) is 14.8 Å². The van der Waals surface area contributed by atoms with Gasteiger partial charge in [0.2, 0.25) is 0 Å². The molecule has 1 unspecified atom stereocenters. The molecule has 0 bridgehead atoms. The number of halogens is 1. The van der Waals surface area contributed by atoms with Gasteiger partial charge in [-0.2, -0.15) is 0 Å². The van der Waals surface area contributed by atoms with Crippen LogP contribution in [0.4, 0.5) is 14.9 Å². The van der Waals surface area contributed by atoms with Gasteiger partial charge in [0.1, 0.15) is 30.4 Å². The second-order valence-electron chi connectivity index (χ2n) is 12.1. The highest BCUT2D eigenvalue weighted by atomic mass is 19.1. The molecule has 2 amide bonds. The second-order valence-corrected chi connectivity index (χ2v) is 12.1. The Morgan fingerprint density at radius 3 is 2.59 bits per heavy atom. The van der Waals surface area contributed by atoms with E-state index in [2.05, 4.69) is 9.88 Å². The van der Waals surface area contributed by atoms with E-state index in [1.807, 2.05) is 26.8 Å². The van der Waals surface area contributed by atoms with E-state index in [4.69, 9.17) is 18.9 Å². The monoisotopic (exact) mass is 568 g/mol. The first-order chi connectivity index (χ1) is 19.7. The van der Waals surface area contributed by atoms with Crippen LogP contribution in [0.3, 0.4) is 0 Å². The highest BCUT2D eigenvalue weighted by molar-refractivity contribution is 5.99. The average molecular weight is 569 g/mol. The van der Waals surface area contributed by atoms with Gasteiger partial charge >= 0.3 is 6.09 Å². The van der Waals surface area contributed by atoms with Gasteiger partial charge in [-0.3, -0.25) is 14.7 Å². The molecule has 4 aliphatic rings. The highest BCUT2D eigenvalue weighted by Crippen LogP contribution is 2.45. The van der Waals surface area contributed by atoms with Gasteiger partial charge in [-0.1, -0.05) is 0 Å². The molecule has 0 aliphatic carbocycles. The summed E-state index contributed by atoms with van der Waals surface area (Å²) in [7, 11) is 0. The molecular formula is C30H37FN4O6. The van der Waals surface area contributed by atoms with Crippen LogP contribution in [0.1, 0.15) is 57.2 Å². The third kappa shape index (κ3) is 5.77. The summed E-state index contributed by atoms with van der Waals surface area (Å²) in [6.45, 7) is 9.58. The van der Waals surface area contributed by atoms with E-state index < -0.39 is 5.60 Å². The molecule has 220 valence electrons. The van der Waals surface area contributed by atoms with E-state index in [1.165, 1.54) is 6.07 Å². The molecule has 5 heterocycles. The number of ether oxygens (including phenoxy) is 4. The number of amides is 2. The summed E-state index contributed by atoms with van der Waals surface area (Å²) in [5.41, 5.74) is 1.24. The molecule has 0 N–H and O–H groups in total. The van der Waals surface area contributed by atoms with Crippen molar-refractivity contribution in [3.8, 4) is 17.2 Å². The van der Waals surface area contributed by atoms with E-state index in [0.717, 1.165) is 25.9 Å². The topological polar surface area (TPSA) is 93.7 Å². The van der Waals surface area contributed by atoms with Crippen molar-refractivity contribution in [1.29, 1.82) is 0 Å². The van der Waals surface area contributed by atoms with Gasteiger partial charge < -0.3 is 28.7 Å². The number of hydrogen-bond donors (Lipinski definition) is 0. The van der Waals surface area contributed by atoms with Crippen molar-refractivity contribution >= 4 is 17.7 Å². The molecule has 10 nitrogen and oxygen atoms in total. The SMILES string of the molecule is CC(C)(C)OC(=O)N(Cc1cc2c(cn1)OCCO2)C1CCN(CC2CCN3C(=O)COc4ccc(F)c2c43)CC1. The van der Waals surface area contributed by atoms with Crippen LogP contribution in [-0.2, 0) is 16.1 Å². The molecule has 2 aromatic rings. The summed E-state index contributed by atoms with van der Waals surface area (Å²) in [4.78, 5) is 36.1. The number of pyridine rings is 1. The smallest absolute Gasteiger partial charge is 0.410 e. The summed E-state index contributed by atoms with van der Waals surface area (Å²) in [5, 5.41) is 0. The number of nitrogens with zero attached hydrogens (tertiary/aromatic N) is 4. The van der Waals surface area contributed by atoms with Crippen LogP contribution in [0.5, 0.6) is 17.2 Å². The summed E-state index contributed by atoms with van der Waals surface area (Å²) in [5.74, 6) is 1.35. The zero-order valence-electron chi connectivity index (χ0n) is 23.9. The quantitative estimate of drug-likeness (QED) is 0.532. The van der Waals surface area contributed by atoms with Gasteiger partial charge in [-0.15, -0.1) is 0 Å². The molecule has 4 aliphatic heterocycles. The lowest BCUT2D eigenvalue weighted by atomic mass is 9.87. The number of piperidine rings is 1. The third-order valence-corrected chi connectivity index (χ3v) is 8.08. The fourth-order valence-corrected chi connectivity index (χ4v) is 6.18. The minimum Gasteiger partial charge on any atom is -0.486 e. The van der Waals surface area contributed by atoms with Gasteiger partial charge in [-0.25, -0.2) is 9.18 Å². The van der Waals surface area contributed by atoms with Gasteiger partial charge in [0.15, 0.2) is 18.1 Å². The van der Waals surface area contributed by atoms with Crippen LogP contribution in [0.2, 0.25) is 0 Å². The molecule has 11 heteroatoms. The maximum absolute atomic E-state index is 15.1. The van der Waals surface area contributed by atoms with Crippen LogP contribution >= 0.6 is 0 Å². The van der Waals surface area contributed by atoms with E-state index in [9.17, 15) is 9.59 Å². The Hall–Kier alpha value is -3.60. The summed E-state index contributed by atoms with van der Waals surface area (Å²) in [6.07, 6.45) is 3.46. The van der Waals surface area contributed by atoms with Crippen LogP contribution in [-0.4, -0.2) is 84.4 Å². The fourth-order valence-electron chi connectivity index (χ4n) is 6.18. The van der Waals surface area contributed by atoms with E-state index in [-0.39, 0.29) is 36.4 Å². The van der Waals surface area contributed by atoms with Crippen LogP contribution in [0, 0.1) is 5.82 Å². The Morgan fingerprint density at radius 2 is 1.83 bits per heavy atom. The Morgan fingerprint density at radius 1 is 1.07 bits per heavy atom. The first kappa shape index (κ1) is 27.6. The number of likely N-dealkylation sites (tertiary alicyclic amines) is 1. The van der Waals surface area contributed by atoms with Crippen molar-refractivity contribution in [3.63, 3.8) is 0 Å². The Kier molecular flexibility index (Phi) is 7.39. The number of hydrogen-bond acceptors (Lipinski definition) is 8. The predicted molar refractivity (Wildman–Crippen MR) is 148 cm³/mol. The molecule has 0 radical (unpaired) electrons. The molecule has 1 fully saturated rings. The van der Waals surface area contributed by atoms with Crippen LogP contribution in [0.25, 0.3) is 0 Å². The molecule has 41 heavy (non-hydrogen) atoms. The summed E-state index contributed by atoms with van der Waals surface area (Å²) in [6, 6.07) is 4.85. The van der Waals surface area contributed by atoms with Crippen molar-refractivity contribution in [2.24, 2.45) is 0 Å². The molecule has 0 saturated carbocycles. The average Bonchev–Trinajstić information content (AvgIpc) is 2.95. The lowest BCUT2D eigenvalue weighted by molar-refractivity contribution is -0.121. The second kappa shape index (κ2) is 11.0. The van der Waals surface area contributed by atoms with E-state index in [1.54, 1.807) is 22.1 Å². The highest BCUT2D eigenvalue weighted by Gasteiger charge is 2.38. The summed E-state index contributed by atoms with van der Waals surface area (Å²) >= 11 is 0. The Labute approximate surface area is 239 Å². The number of anilines is 1. The number of benzene rings is 1. The van der Waals surface area contributed by atoms with E-state index >= 15 is 4.39 Å². The minimum atomic E-state index is -0.630. The van der Waals surface area contributed by atoms with Crippen molar-refractivity contribution < 1.29 is 32.9 Å². The number of carbonyl (C=O) groups excluding carboxylic acids is 2. The minimum absolute atomic E-state index is 0.00776. The largest absolute Gasteiger partial charge is 0.486 e. The standard InChI is InChI=1S/C30H37FN4O6/c1-30(2,3)41-29(37)35(17-20-14-24-25(15-32-20)39-13-12-38-24)21-7-9-33(10-8-21)16-19-6-11-34-26(36)18-40-23-5-4-22(31)27(19)28(23)34/h4-5,14-15,19,21H,6-13,16-18H2,1-3H3. The third-order valence-electron chi connectivity index (χ3n) is 8.08. The number of fused-ring (bicyclic) bond motifs is 1. The molecule has 1 aromatic carbocycles. The van der Waals surface area contributed by atoms with Gasteiger partial charge in [-0.05, 0) is 52.2 Å². The normalized spacial score (nSPS) is 20.7. The lowest BCUT2D eigenvalue weighted by Crippen LogP contribution is -2.50. The van der Waals surface area contributed by atoms with Gasteiger partial charge in [0.25, 0.3) is 5.91 Å². The van der Waals surface area contributed by atoms with Crippen LogP contribution in [0.15, 0.2) is 24.4 Å². The lowest BCUT2D eigenvalue weighted by Gasteiger charge is -2.42. The zero-order valence-corrected chi connectivity index (χ0v) is 23.9. The Bertz CT molecular complexity index is 1320. The van der Waals surface area contributed by atoms with Crippen molar-refractivity contribution in [3.05, 3.63) is 41.5 Å². The molecule has 0 spiro atoms. The van der Waals surface area contributed by atoms with Crippen molar-refractivity contribution in [2.75, 3.05) is 50.9 Å². The molecular weight excluding hydrogens is 531 g/mol. The first-order valence-corrected chi connectivity index (χ1v) is 14.4. The predicted octanol–water partition coefficient (Wildman–Crippen LogP) is 4.11. The zero-order chi connectivity index (χ0) is 28.7. The number of carbonyl (C=O) groups is 2. The molecule has 6 rings (SSSR count). The maximum atomic E-state index is 15.1. The Balaban J connectivity index is 1.15. The number of aromatic nitrogens is 1. The fraction of sp³-hybridized carbons (Fsp3) is 0.567. The first-order valence-electron chi connectivity index (χ1n) is 14.4. The maximum Gasteiger partial charge on any atom is 0.410 e. The molecule has 1 atom stereocenters. The van der Waals surface area contributed by atoms with Crippen molar-refractivity contribution in [2.45, 2.75) is 64.1 Å². The number of rotatable bonds is 5. The molecule has 1 aromatic heterocycles. The van der Waals surface area contributed by atoms with E-state index in [0.29, 0.717) is 73.5 Å². The molecule has 1 saturated heterocycles.